The van der Waals surface area contributed by atoms with Crippen LogP contribution in [-0.2, 0) is 0 Å². The summed E-state index contributed by atoms with van der Waals surface area (Å²) in [4.78, 5) is 11.0. The molecule has 21 heavy (non-hydrogen) atoms. The van der Waals surface area contributed by atoms with Gasteiger partial charge in [-0.15, -0.1) is 0 Å². The first-order chi connectivity index (χ1) is 10.3. The molecule has 0 unspecified atom stereocenters. The molecule has 108 valence electrons. The monoisotopic (exact) mass is 282 g/mol. The Labute approximate surface area is 124 Å². The molecule has 0 atom stereocenters. The summed E-state index contributed by atoms with van der Waals surface area (Å²) >= 11 is 0. The number of rotatable bonds is 6. The van der Waals surface area contributed by atoms with Gasteiger partial charge in [0.05, 0.1) is 12.5 Å². The molecule has 0 fully saturated rings. The van der Waals surface area contributed by atoms with Gasteiger partial charge in [0.15, 0.2) is 5.82 Å². The highest BCUT2D eigenvalue weighted by Gasteiger charge is 2.11. The van der Waals surface area contributed by atoms with Crippen LogP contribution in [0.5, 0.6) is 0 Å². The molecule has 1 aromatic heterocycles. The van der Waals surface area contributed by atoms with Crippen LogP contribution >= 0.6 is 0 Å². The van der Waals surface area contributed by atoms with Gasteiger partial charge in [0, 0.05) is 24.7 Å². The lowest BCUT2D eigenvalue weighted by Crippen LogP contribution is -2.25. The molecule has 0 aliphatic heterocycles. The van der Waals surface area contributed by atoms with Crippen molar-refractivity contribution in [1.82, 2.24) is 9.97 Å². The molecule has 0 aliphatic rings. The number of nitriles is 1. The van der Waals surface area contributed by atoms with Gasteiger partial charge in [-0.3, -0.25) is 0 Å². The fourth-order valence-corrected chi connectivity index (χ4v) is 2.01. The summed E-state index contributed by atoms with van der Waals surface area (Å²) in [7, 11) is 0. The van der Waals surface area contributed by atoms with E-state index in [0.717, 1.165) is 17.9 Å². The Kier molecular flexibility index (Phi) is 5.07. The Balaban J connectivity index is 2.40. The number of hydrogen-bond acceptors (Lipinski definition) is 6. The van der Waals surface area contributed by atoms with Crippen molar-refractivity contribution in [3.8, 4) is 17.5 Å². The Bertz CT molecular complexity index is 620. The highest BCUT2D eigenvalue weighted by Crippen LogP contribution is 2.22. The molecule has 2 aromatic rings. The van der Waals surface area contributed by atoms with Gasteiger partial charge in [-0.25, -0.2) is 15.8 Å². The van der Waals surface area contributed by atoms with Crippen molar-refractivity contribution in [3.05, 3.63) is 36.4 Å². The number of hydrazine groups is 1. The quantitative estimate of drug-likeness (QED) is 0.623. The molecule has 0 saturated carbocycles. The second kappa shape index (κ2) is 7.22. The molecule has 6 nitrogen and oxygen atoms in total. The summed E-state index contributed by atoms with van der Waals surface area (Å²) < 4.78 is 0. The third kappa shape index (κ3) is 3.68. The number of aromatic nitrogens is 2. The summed E-state index contributed by atoms with van der Waals surface area (Å²) in [6.45, 7) is 3.41. The Hall–Kier alpha value is -2.65. The van der Waals surface area contributed by atoms with Crippen LogP contribution in [0.15, 0.2) is 36.4 Å². The van der Waals surface area contributed by atoms with Gasteiger partial charge in [-0.05, 0) is 6.92 Å². The van der Waals surface area contributed by atoms with Gasteiger partial charge in [0.25, 0.3) is 0 Å². The van der Waals surface area contributed by atoms with Crippen LogP contribution in [-0.4, -0.2) is 23.1 Å². The van der Waals surface area contributed by atoms with Gasteiger partial charge in [-0.1, -0.05) is 30.3 Å². The molecule has 1 aromatic carbocycles. The molecule has 0 spiro atoms. The standard InChI is InChI=1S/C15H18N6/c1-2-21(10-6-9-16)14-11-13(20-17)18-15(19-14)12-7-4-3-5-8-12/h3-5,7-8,11H,2,6,10,17H2,1H3,(H,18,19,20). The second-order valence-electron chi connectivity index (χ2n) is 4.43. The molecule has 3 N–H and O–H groups in total. The molecule has 0 amide bonds. The normalized spacial score (nSPS) is 9.95. The highest BCUT2D eigenvalue weighted by atomic mass is 15.3. The van der Waals surface area contributed by atoms with Gasteiger partial charge in [0.1, 0.15) is 11.6 Å². The Morgan fingerprint density at radius 3 is 2.67 bits per heavy atom. The lowest BCUT2D eigenvalue weighted by molar-refractivity contribution is 0.809. The van der Waals surface area contributed by atoms with E-state index in [9.17, 15) is 0 Å². The van der Waals surface area contributed by atoms with Crippen LogP contribution in [0.4, 0.5) is 11.6 Å². The lowest BCUT2D eigenvalue weighted by Gasteiger charge is -2.21. The Morgan fingerprint density at radius 1 is 1.29 bits per heavy atom. The zero-order chi connectivity index (χ0) is 15.1. The zero-order valence-corrected chi connectivity index (χ0v) is 12.0. The van der Waals surface area contributed by atoms with Crippen LogP contribution in [0.3, 0.4) is 0 Å². The number of nitrogens with one attached hydrogen (secondary N) is 1. The fourth-order valence-electron chi connectivity index (χ4n) is 2.01. The number of anilines is 2. The van der Waals surface area contributed by atoms with Crippen LogP contribution < -0.4 is 16.2 Å². The number of nitrogens with zero attached hydrogens (tertiary/aromatic N) is 4. The zero-order valence-electron chi connectivity index (χ0n) is 12.0. The van der Waals surface area contributed by atoms with Gasteiger partial charge in [0.2, 0.25) is 0 Å². The van der Waals surface area contributed by atoms with Crippen LogP contribution in [0.2, 0.25) is 0 Å². The minimum atomic E-state index is 0.448. The summed E-state index contributed by atoms with van der Waals surface area (Å²) in [6.07, 6.45) is 0.448. The minimum absolute atomic E-state index is 0.448. The molecular weight excluding hydrogens is 264 g/mol. The van der Waals surface area contributed by atoms with Gasteiger partial charge < -0.3 is 10.3 Å². The summed E-state index contributed by atoms with van der Waals surface area (Å²) in [5, 5.41) is 8.75. The van der Waals surface area contributed by atoms with Crippen LogP contribution in [0.25, 0.3) is 11.4 Å². The number of hydrogen-bond donors (Lipinski definition) is 2. The van der Waals surface area contributed by atoms with Crippen LogP contribution in [0.1, 0.15) is 13.3 Å². The maximum Gasteiger partial charge on any atom is 0.163 e. The van der Waals surface area contributed by atoms with E-state index in [4.69, 9.17) is 11.1 Å². The van der Waals surface area contributed by atoms with E-state index in [0.29, 0.717) is 24.6 Å². The largest absolute Gasteiger partial charge is 0.356 e. The van der Waals surface area contributed by atoms with Gasteiger partial charge in [-0.2, -0.15) is 5.26 Å². The minimum Gasteiger partial charge on any atom is -0.356 e. The van der Waals surface area contributed by atoms with E-state index in [1.807, 2.05) is 42.2 Å². The van der Waals surface area contributed by atoms with Crippen molar-refractivity contribution in [3.63, 3.8) is 0 Å². The molecule has 0 aliphatic carbocycles. The highest BCUT2D eigenvalue weighted by molar-refractivity contribution is 5.61. The van der Waals surface area contributed by atoms with E-state index < -0.39 is 0 Å². The Morgan fingerprint density at radius 2 is 2.05 bits per heavy atom. The van der Waals surface area contributed by atoms with Crippen molar-refractivity contribution >= 4 is 11.6 Å². The predicted molar refractivity (Wildman–Crippen MR) is 83.4 cm³/mol. The summed E-state index contributed by atoms with van der Waals surface area (Å²) in [5.74, 6) is 7.41. The van der Waals surface area contributed by atoms with E-state index in [1.165, 1.54) is 0 Å². The van der Waals surface area contributed by atoms with Gasteiger partial charge >= 0.3 is 0 Å². The maximum atomic E-state index is 8.75. The molecule has 1 heterocycles. The van der Waals surface area contributed by atoms with E-state index in [2.05, 4.69) is 21.5 Å². The molecular formula is C15H18N6. The predicted octanol–water partition coefficient (Wildman–Crippen LogP) is 2.17. The third-order valence-electron chi connectivity index (χ3n) is 3.09. The first-order valence-electron chi connectivity index (χ1n) is 6.81. The second-order valence-corrected chi connectivity index (χ2v) is 4.43. The molecule has 2 rings (SSSR count). The smallest absolute Gasteiger partial charge is 0.163 e. The molecule has 0 bridgehead atoms. The maximum absolute atomic E-state index is 8.75. The number of nitrogen functional groups attached to an aromatic ring is 1. The molecule has 6 heteroatoms. The fraction of sp³-hybridized carbons (Fsp3) is 0.267. The van der Waals surface area contributed by atoms with Crippen LogP contribution in [0, 0.1) is 11.3 Å². The first kappa shape index (κ1) is 14.8. The van der Waals surface area contributed by atoms with Crippen molar-refractivity contribution < 1.29 is 0 Å². The summed E-state index contributed by atoms with van der Waals surface area (Å²) in [5.41, 5.74) is 3.49. The number of nitrogens with two attached hydrogens (primary N) is 1. The van der Waals surface area contributed by atoms with Crippen molar-refractivity contribution in [2.24, 2.45) is 5.84 Å². The summed E-state index contributed by atoms with van der Waals surface area (Å²) in [6, 6.07) is 13.7. The SMILES string of the molecule is CCN(CCC#N)c1cc(NN)nc(-c2ccccc2)n1. The van der Waals surface area contributed by atoms with E-state index >= 15 is 0 Å². The van der Waals surface area contributed by atoms with E-state index in [-0.39, 0.29) is 0 Å². The van der Waals surface area contributed by atoms with Crippen molar-refractivity contribution in [2.45, 2.75) is 13.3 Å². The first-order valence-corrected chi connectivity index (χ1v) is 6.81. The van der Waals surface area contributed by atoms with Crippen molar-refractivity contribution in [2.75, 3.05) is 23.4 Å². The average Bonchev–Trinajstić information content (AvgIpc) is 2.56. The third-order valence-corrected chi connectivity index (χ3v) is 3.09. The van der Waals surface area contributed by atoms with E-state index in [1.54, 1.807) is 6.07 Å². The molecule has 0 saturated heterocycles. The number of benzene rings is 1. The topological polar surface area (TPSA) is 90.9 Å². The average molecular weight is 282 g/mol. The van der Waals surface area contributed by atoms with Crippen molar-refractivity contribution in [1.29, 1.82) is 5.26 Å². The lowest BCUT2D eigenvalue weighted by atomic mass is 10.2. The molecule has 0 radical (unpaired) electrons.